The number of halogens is 4. The highest BCUT2D eigenvalue weighted by atomic mass is 35.5. The first-order chi connectivity index (χ1) is 15.2. The summed E-state index contributed by atoms with van der Waals surface area (Å²) >= 11 is 5.79. The van der Waals surface area contributed by atoms with Gasteiger partial charge in [-0.25, -0.2) is 10.2 Å². The van der Waals surface area contributed by atoms with Crippen LogP contribution in [0.25, 0.3) is 0 Å². The van der Waals surface area contributed by atoms with E-state index in [1.54, 1.807) is 48.5 Å². The van der Waals surface area contributed by atoms with E-state index >= 15 is 0 Å². The summed E-state index contributed by atoms with van der Waals surface area (Å²) in [7, 11) is 0. The Morgan fingerprint density at radius 2 is 1.69 bits per heavy atom. The molecule has 3 aromatic rings. The maximum Gasteiger partial charge on any atom is 0.416 e. The molecular weight excluding hydrogens is 445 g/mol. The summed E-state index contributed by atoms with van der Waals surface area (Å²) in [4.78, 5) is 24.0. The van der Waals surface area contributed by atoms with E-state index in [4.69, 9.17) is 16.3 Å². The average molecular weight is 461 g/mol. The van der Waals surface area contributed by atoms with Crippen molar-refractivity contribution in [1.29, 1.82) is 0 Å². The van der Waals surface area contributed by atoms with Crippen LogP contribution in [0.3, 0.4) is 0 Å². The molecular formula is C23H16ClF3N2O3. The van der Waals surface area contributed by atoms with Gasteiger partial charge in [-0.1, -0.05) is 29.8 Å². The summed E-state index contributed by atoms with van der Waals surface area (Å²) in [6.45, 7) is 0. The molecule has 0 heterocycles. The number of hydrazone groups is 1. The highest BCUT2D eigenvalue weighted by Crippen LogP contribution is 2.29. The normalized spacial score (nSPS) is 11.4. The van der Waals surface area contributed by atoms with Crippen molar-refractivity contribution in [2.45, 2.75) is 12.6 Å². The van der Waals surface area contributed by atoms with Crippen molar-refractivity contribution in [3.05, 3.63) is 100 Å². The van der Waals surface area contributed by atoms with Gasteiger partial charge in [-0.3, -0.25) is 4.79 Å². The summed E-state index contributed by atoms with van der Waals surface area (Å²) in [6, 6.07) is 17.2. The predicted molar refractivity (Wildman–Crippen MR) is 114 cm³/mol. The summed E-state index contributed by atoms with van der Waals surface area (Å²) in [6.07, 6.45) is -3.37. The molecule has 0 fully saturated rings. The molecule has 0 saturated carbocycles. The van der Waals surface area contributed by atoms with Crippen LogP contribution in [0.15, 0.2) is 77.9 Å². The molecule has 1 amide bonds. The molecule has 164 valence electrons. The minimum Gasteiger partial charge on any atom is -0.423 e. The molecule has 0 aliphatic rings. The van der Waals surface area contributed by atoms with Gasteiger partial charge in [0.25, 0.3) is 0 Å². The lowest BCUT2D eigenvalue weighted by molar-refractivity contribution is -0.137. The fraction of sp³-hybridized carbons (Fsp3) is 0.0870. The van der Waals surface area contributed by atoms with Gasteiger partial charge in [0.1, 0.15) is 5.75 Å². The van der Waals surface area contributed by atoms with Crippen LogP contribution in [0.5, 0.6) is 5.75 Å². The van der Waals surface area contributed by atoms with E-state index in [0.29, 0.717) is 21.9 Å². The molecule has 0 atom stereocenters. The van der Waals surface area contributed by atoms with Crippen molar-refractivity contribution < 1.29 is 27.5 Å². The lowest BCUT2D eigenvalue weighted by atomic mass is 10.1. The maximum absolute atomic E-state index is 12.7. The molecule has 9 heteroatoms. The third-order valence-electron chi connectivity index (χ3n) is 4.19. The maximum atomic E-state index is 12.7. The molecule has 3 rings (SSSR count). The zero-order valence-corrected chi connectivity index (χ0v) is 17.2. The number of carbonyl (C=O) groups is 2. The van der Waals surface area contributed by atoms with Crippen LogP contribution in [0, 0.1) is 0 Å². The molecule has 0 aromatic heterocycles. The highest BCUT2D eigenvalue weighted by molar-refractivity contribution is 6.30. The summed E-state index contributed by atoms with van der Waals surface area (Å²) < 4.78 is 43.5. The van der Waals surface area contributed by atoms with Gasteiger partial charge < -0.3 is 4.74 Å². The molecule has 1 N–H and O–H groups in total. The van der Waals surface area contributed by atoms with Crippen molar-refractivity contribution in [2.24, 2.45) is 5.10 Å². The van der Waals surface area contributed by atoms with Gasteiger partial charge in [-0.05, 0) is 65.7 Å². The molecule has 3 aromatic carbocycles. The van der Waals surface area contributed by atoms with Crippen LogP contribution in [-0.4, -0.2) is 18.1 Å². The number of nitrogens with one attached hydrogen (secondary N) is 1. The van der Waals surface area contributed by atoms with E-state index in [1.807, 2.05) is 0 Å². The second kappa shape index (κ2) is 10.1. The minimum atomic E-state index is -4.47. The van der Waals surface area contributed by atoms with Crippen molar-refractivity contribution in [3.63, 3.8) is 0 Å². The Morgan fingerprint density at radius 1 is 1.00 bits per heavy atom. The molecule has 0 spiro atoms. The van der Waals surface area contributed by atoms with Crippen LogP contribution in [0.1, 0.15) is 27.0 Å². The molecule has 32 heavy (non-hydrogen) atoms. The fourth-order valence-corrected chi connectivity index (χ4v) is 2.76. The quantitative estimate of drug-likeness (QED) is 0.236. The van der Waals surface area contributed by atoms with Crippen molar-refractivity contribution in [3.8, 4) is 5.75 Å². The summed E-state index contributed by atoms with van der Waals surface area (Å²) in [5.74, 6) is -0.783. The lowest BCUT2D eigenvalue weighted by Crippen LogP contribution is -2.20. The zero-order chi connectivity index (χ0) is 23.1. The smallest absolute Gasteiger partial charge is 0.416 e. The van der Waals surface area contributed by atoms with E-state index in [1.165, 1.54) is 18.3 Å². The van der Waals surface area contributed by atoms with E-state index in [-0.39, 0.29) is 12.0 Å². The van der Waals surface area contributed by atoms with E-state index in [0.717, 1.165) is 12.1 Å². The van der Waals surface area contributed by atoms with Crippen LogP contribution < -0.4 is 10.2 Å². The topological polar surface area (TPSA) is 67.8 Å². The fourth-order valence-electron chi connectivity index (χ4n) is 2.64. The second-order valence-corrected chi connectivity index (χ2v) is 7.07. The number of amides is 1. The van der Waals surface area contributed by atoms with Gasteiger partial charge in [0.05, 0.1) is 23.8 Å². The van der Waals surface area contributed by atoms with Crippen molar-refractivity contribution in [2.75, 3.05) is 0 Å². The van der Waals surface area contributed by atoms with Crippen LogP contribution in [-0.2, 0) is 17.4 Å². The number of carbonyl (C=O) groups excluding carboxylic acids is 2. The Morgan fingerprint density at radius 3 is 2.34 bits per heavy atom. The van der Waals surface area contributed by atoms with E-state index in [9.17, 15) is 22.8 Å². The van der Waals surface area contributed by atoms with Crippen LogP contribution >= 0.6 is 11.6 Å². The number of rotatable bonds is 6. The van der Waals surface area contributed by atoms with Crippen molar-refractivity contribution >= 4 is 29.7 Å². The number of hydrogen-bond donors (Lipinski definition) is 1. The van der Waals surface area contributed by atoms with Gasteiger partial charge in [0.2, 0.25) is 5.91 Å². The van der Waals surface area contributed by atoms with Gasteiger partial charge in [-0.2, -0.15) is 18.3 Å². The number of hydrogen-bond acceptors (Lipinski definition) is 4. The van der Waals surface area contributed by atoms with Gasteiger partial charge >= 0.3 is 12.1 Å². The second-order valence-electron chi connectivity index (χ2n) is 6.63. The number of esters is 1. The Kier molecular flexibility index (Phi) is 7.27. The highest BCUT2D eigenvalue weighted by Gasteiger charge is 2.30. The molecule has 0 aliphatic heterocycles. The Hall–Kier alpha value is -3.65. The first-order valence-electron chi connectivity index (χ1n) is 9.26. The van der Waals surface area contributed by atoms with E-state index < -0.39 is 23.6 Å². The summed E-state index contributed by atoms with van der Waals surface area (Å²) in [5.41, 5.74) is 2.63. The molecule has 0 bridgehead atoms. The number of ether oxygens (including phenoxy) is 1. The van der Waals surface area contributed by atoms with Gasteiger partial charge in [-0.15, -0.1) is 0 Å². The Balaban J connectivity index is 1.52. The lowest BCUT2D eigenvalue weighted by Gasteiger charge is -2.08. The third kappa shape index (κ3) is 6.68. The monoisotopic (exact) mass is 460 g/mol. The van der Waals surface area contributed by atoms with Crippen LogP contribution in [0.2, 0.25) is 5.02 Å². The number of alkyl halides is 3. The van der Waals surface area contributed by atoms with Gasteiger partial charge in [0, 0.05) is 5.02 Å². The van der Waals surface area contributed by atoms with E-state index in [2.05, 4.69) is 10.5 Å². The molecule has 0 unspecified atom stereocenters. The first-order valence-corrected chi connectivity index (χ1v) is 9.64. The van der Waals surface area contributed by atoms with Crippen molar-refractivity contribution in [1.82, 2.24) is 5.43 Å². The van der Waals surface area contributed by atoms with Gasteiger partial charge in [0.15, 0.2) is 0 Å². The summed E-state index contributed by atoms with van der Waals surface area (Å²) in [5, 5.41) is 4.29. The molecule has 0 aliphatic carbocycles. The molecule has 5 nitrogen and oxygen atoms in total. The van der Waals surface area contributed by atoms with Crippen LogP contribution in [0.4, 0.5) is 13.2 Å². The molecule has 0 radical (unpaired) electrons. The zero-order valence-electron chi connectivity index (χ0n) is 16.4. The predicted octanol–water partition coefficient (Wildman–Crippen LogP) is 5.27. The third-order valence-corrected chi connectivity index (χ3v) is 4.44. The molecule has 0 saturated heterocycles. The SMILES string of the molecule is O=C(Cc1cccc(C(F)(F)F)c1)N/N=C\c1ccc(OC(=O)c2ccc(Cl)cc2)cc1. The Bertz CT molecular complexity index is 1130. The number of benzene rings is 3. The number of nitrogens with zero attached hydrogens (tertiary/aromatic N) is 1. The standard InChI is InChI=1S/C23H16ClF3N2O3/c24-19-8-6-17(7-9-19)22(31)32-20-10-4-15(5-11-20)14-28-29-21(30)13-16-2-1-3-18(12-16)23(25,26)27/h1-12,14H,13H2,(H,29,30)/b28-14-. The first kappa shape index (κ1) is 23.0. The minimum absolute atomic E-state index is 0.222. The Labute approximate surface area is 186 Å². The largest absolute Gasteiger partial charge is 0.423 e. The average Bonchev–Trinajstić information content (AvgIpc) is 2.75.